The molecular weight excluding hydrogens is 336 g/mol. The first-order chi connectivity index (χ1) is 12.2. The van der Waals surface area contributed by atoms with Gasteiger partial charge in [0.05, 0.1) is 23.6 Å². The summed E-state index contributed by atoms with van der Waals surface area (Å²) in [4.78, 5) is 18.2. The summed E-state index contributed by atoms with van der Waals surface area (Å²) in [6.45, 7) is 2.59. The highest BCUT2D eigenvalue weighted by atomic mass is 32.2. The van der Waals surface area contributed by atoms with Gasteiger partial charge in [0.2, 0.25) is 5.91 Å². The lowest BCUT2D eigenvalue weighted by Gasteiger charge is -2.47. The van der Waals surface area contributed by atoms with Crippen molar-refractivity contribution in [3.05, 3.63) is 30.1 Å². The van der Waals surface area contributed by atoms with E-state index in [0.29, 0.717) is 12.7 Å². The van der Waals surface area contributed by atoms with Gasteiger partial charge in [0.25, 0.3) is 0 Å². The number of carbonyl (C=O) groups is 1. The number of amides is 1. The smallest absolute Gasteiger partial charge is 0.248 e. The molecule has 1 aromatic rings. The molecule has 1 saturated carbocycles. The van der Waals surface area contributed by atoms with E-state index >= 15 is 0 Å². The minimum absolute atomic E-state index is 0.152. The summed E-state index contributed by atoms with van der Waals surface area (Å²) in [5.41, 5.74) is 1.16. The van der Waals surface area contributed by atoms with E-state index in [-0.39, 0.29) is 23.4 Å². The first-order valence-corrected chi connectivity index (χ1v) is 10.2. The van der Waals surface area contributed by atoms with Crippen LogP contribution in [0.25, 0.3) is 0 Å². The van der Waals surface area contributed by atoms with Crippen molar-refractivity contribution in [1.29, 1.82) is 0 Å². The Hall–Kier alpha value is -1.11. The number of hydrogen-bond donors (Lipinski definition) is 0. The molecule has 1 aliphatic carbocycles. The predicted octanol–water partition coefficient (Wildman–Crippen LogP) is 2.64. The third-order valence-corrected chi connectivity index (χ3v) is 7.04. The second-order valence-electron chi connectivity index (χ2n) is 7.45. The summed E-state index contributed by atoms with van der Waals surface area (Å²) < 4.78 is 12.0. The SMILES string of the molecule is O=C(COC1CCCC1)N1CC2(C[C@H](OCc3ccncc3)CS2)C1. The molecule has 2 saturated heterocycles. The quantitative estimate of drug-likeness (QED) is 0.779. The maximum absolute atomic E-state index is 12.3. The third-order valence-electron chi connectivity index (χ3n) is 5.47. The van der Waals surface area contributed by atoms with Crippen molar-refractivity contribution in [2.45, 2.75) is 55.7 Å². The van der Waals surface area contributed by atoms with Gasteiger partial charge in [0.15, 0.2) is 0 Å². The first-order valence-electron chi connectivity index (χ1n) is 9.26. The molecule has 1 spiro atoms. The van der Waals surface area contributed by atoms with Gasteiger partial charge in [-0.15, -0.1) is 11.8 Å². The van der Waals surface area contributed by atoms with Gasteiger partial charge in [-0.2, -0.15) is 0 Å². The molecule has 3 aliphatic rings. The number of pyridine rings is 1. The van der Waals surface area contributed by atoms with Crippen molar-refractivity contribution >= 4 is 17.7 Å². The van der Waals surface area contributed by atoms with Crippen LogP contribution in [0.15, 0.2) is 24.5 Å². The maximum atomic E-state index is 12.3. The summed E-state index contributed by atoms with van der Waals surface area (Å²) in [6.07, 6.45) is 9.94. The van der Waals surface area contributed by atoms with E-state index in [0.717, 1.165) is 43.7 Å². The van der Waals surface area contributed by atoms with Gasteiger partial charge in [-0.05, 0) is 37.0 Å². The number of thioether (sulfide) groups is 1. The van der Waals surface area contributed by atoms with Crippen molar-refractivity contribution in [3.63, 3.8) is 0 Å². The van der Waals surface area contributed by atoms with Gasteiger partial charge in [-0.1, -0.05) is 12.8 Å². The van der Waals surface area contributed by atoms with Crippen LogP contribution in [0.5, 0.6) is 0 Å². The Labute approximate surface area is 153 Å². The molecule has 0 bridgehead atoms. The van der Waals surface area contributed by atoms with E-state index in [1.165, 1.54) is 12.8 Å². The molecule has 3 fully saturated rings. The zero-order chi connectivity index (χ0) is 17.1. The molecule has 0 unspecified atom stereocenters. The van der Waals surface area contributed by atoms with E-state index < -0.39 is 0 Å². The van der Waals surface area contributed by atoms with Gasteiger partial charge in [0, 0.05) is 31.2 Å². The Morgan fingerprint density at radius 1 is 1.20 bits per heavy atom. The Bertz CT molecular complexity index is 586. The first kappa shape index (κ1) is 17.3. The molecule has 4 rings (SSSR count). The number of ether oxygens (including phenoxy) is 2. The number of likely N-dealkylation sites (tertiary alicyclic amines) is 1. The molecule has 0 N–H and O–H groups in total. The predicted molar refractivity (Wildman–Crippen MR) is 97.4 cm³/mol. The largest absolute Gasteiger partial charge is 0.373 e. The Balaban J connectivity index is 1.17. The van der Waals surface area contributed by atoms with E-state index in [2.05, 4.69) is 4.98 Å². The number of nitrogens with zero attached hydrogens (tertiary/aromatic N) is 2. The zero-order valence-electron chi connectivity index (χ0n) is 14.6. The maximum Gasteiger partial charge on any atom is 0.248 e. The highest BCUT2D eigenvalue weighted by Crippen LogP contribution is 2.46. The van der Waals surface area contributed by atoms with E-state index in [1.807, 2.05) is 28.8 Å². The fraction of sp³-hybridized carbons (Fsp3) is 0.684. The number of rotatable bonds is 6. The minimum Gasteiger partial charge on any atom is -0.373 e. The van der Waals surface area contributed by atoms with Crippen LogP contribution in [0.3, 0.4) is 0 Å². The van der Waals surface area contributed by atoms with Crippen LogP contribution >= 0.6 is 11.8 Å². The molecule has 1 aromatic heterocycles. The summed E-state index contributed by atoms with van der Waals surface area (Å²) in [7, 11) is 0. The monoisotopic (exact) mass is 362 g/mol. The van der Waals surface area contributed by atoms with Crippen molar-refractivity contribution in [2.24, 2.45) is 0 Å². The van der Waals surface area contributed by atoms with Crippen LogP contribution < -0.4 is 0 Å². The topological polar surface area (TPSA) is 51.7 Å². The van der Waals surface area contributed by atoms with Gasteiger partial charge in [-0.3, -0.25) is 9.78 Å². The second kappa shape index (κ2) is 7.64. The second-order valence-corrected chi connectivity index (χ2v) is 8.94. The average Bonchev–Trinajstić information content (AvgIpc) is 3.27. The van der Waals surface area contributed by atoms with Crippen LogP contribution in [0.4, 0.5) is 0 Å². The molecule has 0 radical (unpaired) electrons. The van der Waals surface area contributed by atoms with Gasteiger partial charge < -0.3 is 14.4 Å². The van der Waals surface area contributed by atoms with Gasteiger partial charge in [-0.25, -0.2) is 0 Å². The third kappa shape index (κ3) is 4.18. The highest BCUT2D eigenvalue weighted by molar-refractivity contribution is 8.01. The van der Waals surface area contributed by atoms with Gasteiger partial charge in [0.1, 0.15) is 6.61 Å². The molecule has 136 valence electrons. The lowest BCUT2D eigenvalue weighted by atomic mass is 9.93. The van der Waals surface area contributed by atoms with E-state index in [1.54, 1.807) is 12.4 Å². The van der Waals surface area contributed by atoms with Crippen molar-refractivity contribution in [1.82, 2.24) is 9.88 Å². The molecule has 5 nitrogen and oxygen atoms in total. The van der Waals surface area contributed by atoms with E-state index in [9.17, 15) is 4.79 Å². The standard InChI is InChI=1S/C19H26N2O3S/c22-18(11-24-16-3-1-2-4-16)21-13-19(14-21)9-17(12-25-19)23-10-15-5-7-20-8-6-15/h5-8,16-17H,1-4,9-14H2/t17-/m0/s1. The Morgan fingerprint density at radius 2 is 1.96 bits per heavy atom. The normalized spacial score (nSPS) is 25.4. The lowest BCUT2D eigenvalue weighted by Crippen LogP contribution is -2.61. The Morgan fingerprint density at radius 3 is 2.72 bits per heavy atom. The van der Waals surface area contributed by atoms with Crippen molar-refractivity contribution in [2.75, 3.05) is 25.4 Å². The summed E-state index contributed by atoms with van der Waals surface area (Å²) in [5.74, 6) is 1.17. The van der Waals surface area contributed by atoms with Crippen LogP contribution in [0.1, 0.15) is 37.7 Å². The lowest BCUT2D eigenvalue weighted by molar-refractivity contribution is -0.143. The van der Waals surface area contributed by atoms with Gasteiger partial charge >= 0.3 is 0 Å². The molecular formula is C19H26N2O3S. The average molecular weight is 362 g/mol. The summed E-state index contributed by atoms with van der Waals surface area (Å²) in [6, 6.07) is 3.98. The van der Waals surface area contributed by atoms with Crippen molar-refractivity contribution < 1.29 is 14.3 Å². The van der Waals surface area contributed by atoms with Crippen molar-refractivity contribution in [3.8, 4) is 0 Å². The molecule has 25 heavy (non-hydrogen) atoms. The highest BCUT2D eigenvalue weighted by Gasteiger charge is 2.50. The summed E-state index contributed by atoms with van der Waals surface area (Å²) >= 11 is 1.97. The Kier molecular flexibility index (Phi) is 5.29. The summed E-state index contributed by atoms with van der Waals surface area (Å²) in [5, 5.41) is 0. The molecule has 1 amide bonds. The molecule has 0 aromatic carbocycles. The number of carbonyl (C=O) groups excluding carboxylic acids is 1. The van der Waals surface area contributed by atoms with Crippen LogP contribution in [-0.4, -0.2) is 58.2 Å². The number of hydrogen-bond acceptors (Lipinski definition) is 5. The van der Waals surface area contributed by atoms with Crippen LogP contribution in [-0.2, 0) is 20.9 Å². The number of aromatic nitrogens is 1. The zero-order valence-corrected chi connectivity index (χ0v) is 15.4. The minimum atomic E-state index is 0.152. The molecule has 6 heteroatoms. The van der Waals surface area contributed by atoms with E-state index in [4.69, 9.17) is 9.47 Å². The molecule has 2 aliphatic heterocycles. The molecule has 3 heterocycles. The fourth-order valence-corrected chi connectivity index (χ4v) is 5.54. The van der Waals surface area contributed by atoms with Crippen LogP contribution in [0, 0.1) is 0 Å². The van der Waals surface area contributed by atoms with Crippen LogP contribution in [0.2, 0.25) is 0 Å². The molecule has 1 atom stereocenters. The fourth-order valence-electron chi connectivity index (χ4n) is 3.98.